The molecule has 158 valence electrons. The van der Waals surface area contributed by atoms with Crippen molar-refractivity contribution in [3.05, 3.63) is 29.8 Å². The number of esters is 1. The zero-order valence-corrected chi connectivity index (χ0v) is 16.8. The molecule has 3 aliphatic rings. The molecule has 7 nitrogen and oxygen atoms in total. The molecule has 2 unspecified atom stereocenters. The van der Waals surface area contributed by atoms with E-state index in [4.69, 9.17) is 9.47 Å². The summed E-state index contributed by atoms with van der Waals surface area (Å²) in [5, 5.41) is 10.9. The van der Waals surface area contributed by atoms with E-state index < -0.39 is 28.7 Å². The average molecular weight is 406 g/mol. The number of rotatable bonds is 2. The number of pyridine rings is 1. The molecule has 1 amide bonds. The number of carbonyl (C=O) groups is 2. The molecular weight excluding hydrogens is 379 g/mol. The van der Waals surface area contributed by atoms with Crippen molar-refractivity contribution in [2.24, 2.45) is 5.92 Å². The summed E-state index contributed by atoms with van der Waals surface area (Å²) in [5.74, 6) is -1.73. The van der Waals surface area contributed by atoms with Crippen molar-refractivity contribution in [3.8, 4) is 0 Å². The Kier molecular flexibility index (Phi) is 4.90. The fraction of sp³-hybridized carbons (Fsp3) is 0.667. The van der Waals surface area contributed by atoms with E-state index in [2.05, 4.69) is 4.98 Å². The molecule has 0 radical (unpaired) electrons. The van der Waals surface area contributed by atoms with Gasteiger partial charge in [-0.15, -0.1) is 0 Å². The molecule has 3 aliphatic heterocycles. The number of hydrogen-bond acceptors (Lipinski definition) is 6. The van der Waals surface area contributed by atoms with Gasteiger partial charge in [-0.2, -0.15) is 4.39 Å². The van der Waals surface area contributed by atoms with Gasteiger partial charge in [0.2, 0.25) is 11.9 Å². The Balaban J connectivity index is 1.49. The van der Waals surface area contributed by atoms with Gasteiger partial charge in [-0.3, -0.25) is 9.59 Å². The quantitative estimate of drug-likeness (QED) is 0.596. The van der Waals surface area contributed by atoms with Gasteiger partial charge in [-0.05, 0) is 32.8 Å². The molecular formula is C21H27FN2O5. The molecule has 0 bridgehead atoms. The Bertz CT molecular complexity index is 821. The molecule has 0 aliphatic carbocycles. The minimum atomic E-state index is -1.35. The predicted molar refractivity (Wildman–Crippen MR) is 100 cm³/mol. The second-order valence-corrected chi connectivity index (χ2v) is 9.03. The van der Waals surface area contributed by atoms with Gasteiger partial charge in [0.25, 0.3) is 0 Å². The van der Waals surface area contributed by atoms with Crippen LogP contribution in [0.1, 0.15) is 51.5 Å². The lowest BCUT2D eigenvalue weighted by Gasteiger charge is -2.45. The van der Waals surface area contributed by atoms with Gasteiger partial charge in [0.15, 0.2) is 0 Å². The topological polar surface area (TPSA) is 89.0 Å². The molecule has 4 rings (SSSR count). The van der Waals surface area contributed by atoms with E-state index in [9.17, 15) is 19.1 Å². The Morgan fingerprint density at radius 1 is 1.31 bits per heavy atom. The minimum absolute atomic E-state index is 0.0624. The van der Waals surface area contributed by atoms with Crippen molar-refractivity contribution in [3.63, 3.8) is 0 Å². The SMILES string of the molecule is CC1(C)CC2(CCO1)OC(=O)CC2C(=O)N1CCC(O)(c2cccnc2F)CC1. The van der Waals surface area contributed by atoms with Gasteiger partial charge in [-0.1, -0.05) is 6.07 Å². The summed E-state index contributed by atoms with van der Waals surface area (Å²) in [5.41, 5.74) is -2.50. The molecule has 1 aromatic rings. The van der Waals surface area contributed by atoms with Crippen LogP contribution in [0, 0.1) is 11.9 Å². The zero-order chi connectivity index (χ0) is 20.9. The number of likely N-dealkylation sites (tertiary alicyclic amines) is 1. The lowest BCUT2D eigenvalue weighted by molar-refractivity contribution is -0.182. The first kappa shape index (κ1) is 20.2. The largest absolute Gasteiger partial charge is 0.458 e. The van der Waals surface area contributed by atoms with Crippen LogP contribution in [0.5, 0.6) is 0 Å². The molecule has 2 atom stereocenters. The van der Waals surface area contributed by atoms with Crippen LogP contribution in [-0.2, 0) is 24.7 Å². The number of amides is 1. The minimum Gasteiger partial charge on any atom is -0.458 e. The number of halogens is 1. The number of carbonyl (C=O) groups excluding carboxylic acids is 2. The first-order valence-corrected chi connectivity index (χ1v) is 10.1. The highest BCUT2D eigenvalue weighted by Gasteiger charge is 2.57. The first-order valence-electron chi connectivity index (χ1n) is 10.1. The zero-order valence-electron chi connectivity index (χ0n) is 16.8. The molecule has 0 aromatic carbocycles. The highest BCUT2D eigenvalue weighted by atomic mass is 19.1. The smallest absolute Gasteiger partial charge is 0.307 e. The summed E-state index contributed by atoms with van der Waals surface area (Å²) in [6, 6.07) is 3.12. The molecule has 29 heavy (non-hydrogen) atoms. The maximum absolute atomic E-state index is 14.1. The van der Waals surface area contributed by atoms with Crippen molar-refractivity contribution in [2.45, 2.75) is 62.8 Å². The van der Waals surface area contributed by atoms with E-state index in [0.717, 1.165) is 0 Å². The third kappa shape index (κ3) is 3.64. The molecule has 4 heterocycles. The van der Waals surface area contributed by atoms with Crippen LogP contribution in [0.3, 0.4) is 0 Å². The molecule has 1 aromatic heterocycles. The van der Waals surface area contributed by atoms with Crippen molar-refractivity contribution in [1.29, 1.82) is 0 Å². The van der Waals surface area contributed by atoms with Gasteiger partial charge >= 0.3 is 5.97 Å². The Morgan fingerprint density at radius 2 is 2.03 bits per heavy atom. The summed E-state index contributed by atoms with van der Waals surface area (Å²) < 4.78 is 25.5. The highest BCUT2D eigenvalue weighted by Crippen LogP contribution is 2.47. The van der Waals surface area contributed by atoms with Crippen LogP contribution >= 0.6 is 0 Å². The number of hydrogen-bond donors (Lipinski definition) is 1. The molecule has 3 fully saturated rings. The van der Waals surface area contributed by atoms with Crippen molar-refractivity contribution in [1.82, 2.24) is 9.88 Å². The summed E-state index contributed by atoms with van der Waals surface area (Å²) >= 11 is 0. The predicted octanol–water partition coefficient (Wildman–Crippen LogP) is 1.92. The summed E-state index contributed by atoms with van der Waals surface area (Å²) in [7, 11) is 0. The van der Waals surface area contributed by atoms with Crippen LogP contribution in [0.2, 0.25) is 0 Å². The number of nitrogens with zero attached hydrogens (tertiary/aromatic N) is 2. The van der Waals surface area contributed by atoms with Gasteiger partial charge in [0.05, 0.1) is 30.1 Å². The van der Waals surface area contributed by atoms with E-state index in [0.29, 0.717) is 19.4 Å². The molecule has 1 spiro atoms. The Hall–Kier alpha value is -2.06. The lowest BCUT2D eigenvalue weighted by Crippen LogP contribution is -2.55. The monoisotopic (exact) mass is 406 g/mol. The first-order chi connectivity index (χ1) is 13.6. The fourth-order valence-corrected chi connectivity index (χ4v) is 5.07. The van der Waals surface area contributed by atoms with Crippen molar-refractivity contribution < 1.29 is 28.6 Å². The number of aliphatic hydroxyl groups is 1. The van der Waals surface area contributed by atoms with E-state index in [1.54, 1.807) is 11.0 Å². The van der Waals surface area contributed by atoms with Gasteiger partial charge in [0.1, 0.15) is 5.60 Å². The molecule has 0 saturated carbocycles. The van der Waals surface area contributed by atoms with Gasteiger partial charge in [0, 0.05) is 37.7 Å². The van der Waals surface area contributed by atoms with E-state index in [1.165, 1.54) is 12.3 Å². The highest BCUT2D eigenvalue weighted by molar-refractivity contribution is 5.88. The molecule has 1 N–H and O–H groups in total. The van der Waals surface area contributed by atoms with E-state index in [-0.39, 0.29) is 49.8 Å². The maximum Gasteiger partial charge on any atom is 0.307 e. The summed E-state index contributed by atoms with van der Waals surface area (Å²) in [6.45, 7) is 4.87. The van der Waals surface area contributed by atoms with Crippen LogP contribution in [0.4, 0.5) is 4.39 Å². The van der Waals surface area contributed by atoms with Crippen LogP contribution in [0.25, 0.3) is 0 Å². The van der Waals surface area contributed by atoms with E-state index in [1.807, 2.05) is 13.8 Å². The van der Waals surface area contributed by atoms with Crippen molar-refractivity contribution in [2.75, 3.05) is 19.7 Å². The van der Waals surface area contributed by atoms with Crippen LogP contribution < -0.4 is 0 Å². The van der Waals surface area contributed by atoms with E-state index >= 15 is 0 Å². The third-order valence-corrected chi connectivity index (χ3v) is 6.53. The number of piperidine rings is 1. The average Bonchev–Trinajstić information content (AvgIpc) is 2.96. The number of aromatic nitrogens is 1. The lowest BCUT2D eigenvalue weighted by atomic mass is 9.74. The van der Waals surface area contributed by atoms with Gasteiger partial charge in [-0.25, -0.2) is 4.98 Å². The third-order valence-electron chi connectivity index (χ3n) is 6.53. The molecule has 3 saturated heterocycles. The normalized spacial score (nSPS) is 31.0. The maximum atomic E-state index is 14.1. The summed E-state index contributed by atoms with van der Waals surface area (Å²) in [6.07, 6.45) is 2.80. The Morgan fingerprint density at radius 3 is 2.69 bits per heavy atom. The van der Waals surface area contributed by atoms with Crippen molar-refractivity contribution >= 4 is 11.9 Å². The Labute approximate surface area is 169 Å². The summed E-state index contributed by atoms with van der Waals surface area (Å²) in [4.78, 5) is 30.7. The standard InChI is InChI=1S/C21H27FN2O5/c1-19(2)13-21(7-11-28-19)15(12-16(25)29-21)18(26)24-9-5-20(27,6-10-24)14-4-3-8-23-17(14)22/h3-4,8,15,27H,5-7,9-13H2,1-2H3. The van der Waals surface area contributed by atoms with Gasteiger partial charge < -0.3 is 19.5 Å². The van der Waals surface area contributed by atoms with Crippen LogP contribution in [0.15, 0.2) is 18.3 Å². The fourth-order valence-electron chi connectivity index (χ4n) is 5.07. The number of ether oxygens (including phenoxy) is 2. The second kappa shape index (κ2) is 7.02. The second-order valence-electron chi connectivity index (χ2n) is 9.03. The van der Waals surface area contributed by atoms with Crippen LogP contribution in [-0.4, -0.2) is 57.8 Å². The molecule has 8 heteroatoms.